The number of benzene rings is 1. The van der Waals surface area contributed by atoms with Gasteiger partial charge in [-0.15, -0.1) is 0 Å². The fourth-order valence-corrected chi connectivity index (χ4v) is 1.65. The molecule has 0 bridgehead atoms. The normalized spacial score (nSPS) is 11.8. The van der Waals surface area contributed by atoms with Crippen LogP contribution < -0.4 is 5.32 Å². The minimum atomic E-state index is 0.106. The zero-order chi connectivity index (χ0) is 10.8. The van der Waals surface area contributed by atoms with Crippen LogP contribution in [0.25, 0.3) is 0 Å². The van der Waals surface area contributed by atoms with Crippen LogP contribution >= 0.6 is 23.2 Å². The number of hydrogen-bond donors (Lipinski definition) is 1. The monoisotopic (exact) mass is 231 g/mol. The first-order valence-electron chi connectivity index (χ1n) is 4.57. The number of hydrogen-bond acceptors (Lipinski definition) is 1. The molecule has 1 N–H and O–H groups in total. The standard InChI is InChI=1S/C11H15Cl2N/c1-11(2,3)14-7-8-4-9(12)6-10(13)5-8/h4-6,14H,7H2,1-3H3. The van der Waals surface area contributed by atoms with Gasteiger partial charge in [0.1, 0.15) is 0 Å². The quantitative estimate of drug-likeness (QED) is 0.815. The largest absolute Gasteiger partial charge is 0.308 e. The molecule has 14 heavy (non-hydrogen) atoms. The summed E-state index contributed by atoms with van der Waals surface area (Å²) in [6.07, 6.45) is 0. The highest BCUT2D eigenvalue weighted by atomic mass is 35.5. The van der Waals surface area contributed by atoms with Crippen LogP contribution in [0.3, 0.4) is 0 Å². The summed E-state index contributed by atoms with van der Waals surface area (Å²) >= 11 is 11.8. The molecule has 1 aromatic carbocycles. The van der Waals surface area contributed by atoms with E-state index in [1.165, 1.54) is 0 Å². The van der Waals surface area contributed by atoms with Crippen molar-refractivity contribution in [1.29, 1.82) is 0 Å². The third kappa shape index (κ3) is 4.32. The molecule has 1 nitrogen and oxygen atoms in total. The van der Waals surface area contributed by atoms with Crippen molar-refractivity contribution < 1.29 is 0 Å². The summed E-state index contributed by atoms with van der Waals surface area (Å²) in [6.45, 7) is 7.15. The van der Waals surface area contributed by atoms with E-state index < -0.39 is 0 Å². The van der Waals surface area contributed by atoms with Gasteiger partial charge in [-0.05, 0) is 44.5 Å². The first kappa shape index (κ1) is 11.8. The molecule has 0 unspecified atom stereocenters. The maximum absolute atomic E-state index is 5.89. The molecule has 3 heteroatoms. The van der Waals surface area contributed by atoms with E-state index in [9.17, 15) is 0 Å². The Bertz CT molecular complexity index is 295. The lowest BCUT2D eigenvalue weighted by atomic mass is 10.1. The predicted molar refractivity (Wildman–Crippen MR) is 63.1 cm³/mol. The topological polar surface area (TPSA) is 12.0 Å². The number of nitrogens with one attached hydrogen (secondary N) is 1. The molecule has 0 heterocycles. The Balaban J connectivity index is 2.68. The molecular formula is C11H15Cl2N. The van der Waals surface area contributed by atoms with Crippen LogP contribution in [-0.4, -0.2) is 5.54 Å². The molecule has 0 saturated carbocycles. The van der Waals surface area contributed by atoms with Crippen LogP contribution in [-0.2, 0) is 6.54 Å². The Morgan fingerprint density at radius 3 is 2.00 bits per heavy atom. The molecule has 0 radical (unpaired) electrons. The van der Waals surface area contributed by atoms with Crippen LogP contribution in [0.2, 0.25) is 10.0 Å². The highest BCUT2D eigenvalue weighted by Crippen LogP contribution is 2.19. The van der Waals surface area contributed by atoms with Gasteiger partial charge in [0.25, 0.3) is 0 Å². The molecule has 0 aliphatic carbocycles. The zero-order valence-corrected chi connectivity index (χ0v) is 10.2. The lowest BCUT2D eigenvalue weighted by Gasteiger charge is -2.20. The van der Waals surface area contributed by atoms with E-state index in [-0.39, 0.29) is 5.54 Å². The fraction of sp³-hybridized carbons (Fsp3) is 0.455. The molecule has 0 spiro atoms. The van der Waals surface area contributed by atoms with Gasteiger partial charge < -0.3 is 5.32 Å². The average molecular weight is 232 g/mol. The van der Waals surface area contributed by atoms with Gasteiger partial charge in [-0.2, -0.15) is 0 Å². The second-order valence-electron chi connectivity index (χ2n) is 4.38. The summed E-state index contributed by atoms with van der Waals surface area (Å²) in [6, 6.07) is 5.59. The van der Waals surface area contributed by atoms with Crippen molar-refractivity contribution in [2.24, 2.45) is 0 Å². The van der Waals surface area contributed by atoms with Gasteiger partial charge in [-0.1, -0.05) is 23.2 Å². The molecule has 0 amide bonds. The highest BCUT2D eigenvalue weighted by Gasteiger charge is 2.08. The second-order valence-corrected chi connectivity index (χ2v) is 5.25. The Morgan fingerprint density at radius 1 is 1.07 bits per heavy atom. The lowest BCUT2D eigenvalue weighted by Crippen LogP contribution is -2.35. The maximum atomic E-state index is 5.89. The van der Waals surface area contributed by atoms with E-state index in [0.29, 0.717) is 10.0 Å². The molecule has 1 aromatic rings. The molecule has 0 aliphatic heterocycles. The Morgan fingerprint density at radius 2 is 1.57 bits per heavy atom. The Kier molecular flexibility index (Phi) is 3.82. The van der Waals surface area contributed by atoms with E-state index in [1.807, 2.05) is 12.1 Å². The molecule has 0 atom stereocenters. The summed E-state index contributed by atoms with van der Waals surface area (Å²) < 4.78 is 0. The molecule has 0 aliphatic rings. The summed E-state index contributed by atoms with van der Waals surface area (Å²) in [5.41, 5.74) is 1.21. The SMILES string of the molecule is CC(C)(C)NCc1cc(Cl)cc(Cl)c1. The average Bonchev–Trinajstić information content (AvgIpc) is 1.97. The van der Waals surface area contributed by atoms with Gasteiger partial charge in [0.05, 0.1) is 0 Å². The van der Waals surface area contributed by atoms with Crippen molar-refractivity contribution in [3.63, 3.8) is 0 Å². The Hall–Kier alpha value is -0.240. The third-order valence-corrected chi connectivity index (χ3v) is 2.18. The second kappa shape index (κ2) is 4.52. The third-order valence-electron chi connectivity index (χ3n) is 1.75. The molecule has 78 valence electrons. The van der Waals surface area contributed by atoms with Gasteiger partial charge in [-0.3, -0.25) is 0 Å². The van der Waals surface area contributed by atoms with E-state index >= 15 is 0 Å². The summed E-state index contributed by atoms with van der Waals surface area (Å²) in [4.78, 5) is 0. The molecule has 1 rings (SSSR count). The molecular weight excluding hydrogens is 217 g/mol. The van der Waals surface area contributed by atoms with Crippen molar-refractivity contribution in [3.8, 4) is 0 Å². The predicted octanol–water partition coefficient (Wildman–Crippen LogP) is 3.88. The summed E-state index contributed by atoms with van der Waals surface area (Å²) in [5.74, 6) is 0. The first-order valence-corrected chi connectivity index (χ1v) is 5.32. The Labute approximate surface area is 95.4 Å². The van der Waals surface area contributed by atoms with E-state index in [0.717, 1.165) is 12.1 Å². The molecule has 0 aromatic heterocycles. The molecule has 0 fully saturated rings. The van der Waals surface area contributed by atoms with Crippen molar-refractivity contribution in [2.75, 3.05) is 0 Å². The van der Waals surface area contributed by atoms with Crippen molar-refractivity contribution in [2.45, 2.75) is 32.9 Å². The van der Waals surface area contributed by atoms with Crippen LogP contribution in [0, 0.1) is 0 Å². The zero-order valence-electron chi connectivity index (χ0n) is 8.70. The van der Waals surface area contributed by atoms with Gasteiger partial charge in [0.15, 0.2) is 0 Å². The van der Waals surface area contributed by atoms with Crippen LogP contribution in [0.15, 0.2) is 18.2 Å². The van der Waals surface area contributed by atoms with Crippen molar-refractivity contribution in [3.05, 3.63) is 33.8 Å². The molecule has 0 saturated heterocycles. The fourth-order valence-electron chi connectivity index (χ4n) is 1.08. The van der Waals surface area contributed by atoms with E-state index in [2.05, 4.69) is 26.1 Å². The van der Waals surface area contributed by atoms with Gasteiger partial charge in [0.2, 0.25) is 0 Å². The summed E-state index contributed by atoms with van der Waals surface area (Å²) in [5, 5.41) is 4.74. The van der Waals surface area contributed by atoms with Crippen molar-refractivity contribution >= 4 is 23.2 Å². The van der Waals surface area contributed by atoms with Gasteiger partial charge in [0, 0.05) is 22.1 Å². The smallest absolute Gasteiger partial charge is 0.0424 e. The van der Waals surface area contributed by atoms with Gasteiger partial charge in [-0.25, -0.2) is 0 Å². The highest BCUT2D eigenvalue weighted by molar-refractivity contribution is 6.34. The van der Waals surface area contributed by atoms with Crippen LogP contribution in [0.5, 0.6) is 0 Å². The number of halogens is 2. The summed E-state index contributed by atoms with van der Waals surface area (Å²) in [7, 11) is 0. The first-order chi connectivity index (χ1) is 6.37. The van der Waals surface area contributed by atoms with Crippen LogP contribution in [0.4, 0.5) is 0 Å². The van der Waals surface area contributed by atoms with Crippen molar-refractivity contribution in [1.82, 2.24) is 5.32 Å². The van der Waals surface area contributed by atoms with E-state index in [1.54, 1.807) is 6.07 Å². The minimum Gasteiger partial charge on any atom is -0.308 e. The van der Waals surface area contributed by atoms with E-state index in [4.69, 9.17) is 23.2 Å². The minimum absolute atomic E-state index is 0.106. The maximum Gasteiger partial charge on any atom is 0.0424 e. The van der Waals surface area contributed by atoms with Gasteiger partial charge >= 0.3 is 0 Å². The van der Waals surface area contributed by atoms with Crippen LogP contribution in [0.1, 0.15) is 26.3 Å². The lowest BCUT2D eigenvalue weighted by molar-refractivity contribution is 0.424. The number of rotatable bonds is 2.